The van der Waals surface area contributed by atoms with Crippen molar-refractivity contribution in [1.29, 1.82) is 0 Å². The predicted octanol–water partition coefficient (Wildman–Crippen LogP) is 1.83. The normalized spacial score (nSPS) is 15.7. The highest BCUT2D eigenvalue weighted by Gasteiger charge is 2.11. The Kier molecular flexibility index (Phi) is 2.88. The molecule has 0 radical (unpaired) electrons. The van der Waals surface area contributed by atoms with Crippen LogP contribution in [0.4, 0.5) is 0 Å². The van der Waals surface area contributed by atoms with Crippen LogP contribution in [0.3, 0.4) is 0 Å². The standard InChI is InChI=1S/C14H18N4/c1-10(15)14-16-9-18(17-14)8-11-5-6-12-3-2-4-13(12)7-11/h5-7,9-10H,2-4,8,15H2,1H3. The number of nitrogens with two attached hydrogens (primary N) is 1. The maximum absolute atomic E-state index is 5.76. The van der Waals surface area contributed by atoms with E-state index in [1.165, 1.54) is 36.0 Å². The second-order valence-corrected chi connectivity index (χ2v) is 5.05. The second-order valence-electron chi connectivity index (χ2n) is 5.05. The average Bonchev–Trinajstić information content (AvgIpc) is 2.96. The third kappa shape index (κ3) is 2.16. The van der Waals surface area contributed by atoms with Crippen LogP contribution in [0.5, 0.6) is 0 Å². The van der Waals surface area contributed by atoms with E-state index in [0.717, 1.165) is 6.54 Å². The lowest BCUT2D eigenvalue weighted by Gasteiger charge is -2.05. The minimum Gasteiger partial charge on any atom is -0.321 e. The van der Waals surface area contributed by atoms with Crippen LogP contribution in [0.15, 0.2) is 24.5 Å². The molecule has 2 N–H and O–H groups in total. The number of rotatable bonds is 3. The quantitative estimate of drug-likeness (QED) is 0.893. The van der Waals surface area contributed by atoms with Crippen LogP contribution in [-0.2, 0) is 19.4 Å². The summed E-state index contributed by atoms with van der Waals surface area (Å²) in [6, 6.07) is 6.64. The van der Waals surface area contributed by atoms with Gasteiger partial charge in [-0.2, -0.15) is 5.10 Å². The van der Waals surface area contributed by atoms with Crippen molar-refractivity contribution in [1.82, 2.24) is 14.8 Å². The first-order chi connectivity index (χ1) is 8.72. The molecule has 1 unspecified atom stereocenters. The van der Waals surface area contributed by atoms with Crippen molar-refractivity contribution >= 4 is 0 Å². The highest BCUT2D eigenvalue weighted by Crippen LogP contribution is 2.23. The van der Waals surface area contributed by atoms with Gasteiger partial charge in [-0.15, -0.1) is 0 Å². The average molecular weight is 242 g/mol. The molecule has 0 spiro atoms. The molecule has 18 heavy (non-hydrogen) atoms. The molecule has 3 rings (SSSR count). The van der Waals surface area contributed by atoms with Gasteiger partial charge in [0.15, 0.2) is 5.82 Å². The van der Waals surface area contributed by atoms with E-state index in [1.807, 2.05) is 11.6 Å². The van der Waals surface area contributed by atoms with E-state index in [2.05, 4.69) is 28.3 Å². The summed E-state index contributed by atoms with van der Waals surface area (Å²) in [5.74, 6) is 0.705. The summed E-state index contributed by atoms with van der Waals surface area (Å²) in [7, 11) is 0. The van der Waals surface area contributed by atoms with Gasteiger partial charge in [0.05, 0.1) is 12.6 Å². The Balaban J connectivity index is 1.79. The smallest absolute Gasteiger partial charge is 0.166 e. The van der Waals surface area contributed by atoms with Gasteiger partial charge in [0.2, 0.25) is 0 Å². The molecular weight excluding hydrogens is 224 g/mol. The van der Waals surface area contributed by atoms with Gasteiger partial charge in [-0.3, -0.25) is 0 Å². The Labute approximate surface area is 107 Å². The molecule has 2 aromatic rings. The number of hydrogen-bond acceptors (Lipinski definition) is 3. The lowest BCUT2D eigenvalue weighted by molar-refractivity contribution is 0.649. The lowest BCUT2D eigenvalue weighted by Crippen LogP contribution is -2.08. The SMILES string of the molecule is CC(N)c1ncn(Cc2ccc3c(c2)CCC3)n1. The number of aryl methyl sites for hydroxylation is 2. The van der Waals surface area contributed by atoms with Crippen molar-refractivity contribution in [3.8, 4) is 0 Å². The van der Waals surface area contributed by atoms with Crippen LogP contribution in [0.2, 0.25) is 0 Å². The maximum Gasteiger partial charge on any atom is 0.166 e. The molecular formula is C14H18N4. The van der Waals surface area contributed by atoms with Crippen LogP contribution in [0.1, 0.15) is 41.9 Å². The Morgan fingerprint density at radius 2 is 2.17 bits per heavy atom. The summed E-state index contributed by atoms with van der Waals surface area (Å²) >= 11 is 0. The first kappa shape index (κ1) is 11.4. The van der Waals surface area contributed by atoms with E-state index >= 15 is 0 Å². The van der Waals surface area contributed by atoms with Crippen LogP contribution >= 0.6 is 0 Å². The molecule has 4 heteroatoms. The molecule has 1 heterocycles. The van der Waals surface area contributed by atoms with Crippen molar-refractivity contribution in [3.05, 3.63) is 47.0 Å². The van der Waals surface area contributed by atoms with Gasteiger partial charge in [0, 0.05) is 0 Å². The molecule has 0 fully saturated rings. The Bertz CT molecular complexity index is 557. The van der Waals surface area contributed by atoms with Crippen molar-refractivity contribution in [2.75, 3.05) is 0 Å². The molecule has 1 aliphatic rings. The zero-order valence-electron chi connectivity index (χ0n) is 10.6. The van der Waals surface area contributed by atoms with Gasteiger partial charge >= 0.3 is 0 Å². The van der Waals surface area contributed by atoms with Gasteiger partial charge in [0.25, 0.3) is 0 Å². The van der Waals surface area contributed by atoms with Crippen molar-refractivity contribution < 1.29 is 0 Å². The fraction of sp³-hybridized carbons (Fsp3) is 0.429. The summed E-state index contributed by atoms with van der Waals surface area (Å²) in [5.41, 5.74) is 10.1. The van der Waals surface area contributed by atoms with Gasteiger partial charge < -0.3 is 5.73 Å². The number of hydrogen-bond donors (Lipinski definition) is 1. The van der Waals surface area contributed by atoms with E-state index in [-0.39, 0.29) is 6.04 Å². The van der Waals surface area contributed by atoms with E-state index < -0.39 is 0 Å². The predicted molar refractivity (Wildman–Crippen MR) is 70.2 cm³/mol. The third-order valence-electron chi connectivity index (χ3n) is 3.47. The fourth-order valence-corrected chi connectivity index (χ4v) is 2.50. The molecule has 4 nitrogen and oxygen atoms in total. The van der Waals surface area contributed by atoms with Crippen LogP contribution in [0, 0.1) is 0 Å². The summed E-state index contributed by atoms with van der Waals surface area (Å²) in [4.78, 5) is 4.21. The van der Waals surface area contributed by atoms with Crippen molar-refractivity contribution in [2.24, 2.45) is 5.73 Å². The first-order valence-corrected chi connectivity index (χ1v) is 6.48. The number of fused-ring (bicyclic) bond motifs is 1. The monoisotopic (exact) mass is 242 g/mol. The van der Waals surface area contributed by atoms with Crippen LogP contribution in [0.25, 0.3) is 0 Å². The molecule has 1 aliphatic carbocycles. The Morgan fingerprint density at radius 3 is 2.94 bits per heavy atom. The summed E-state index contributed by atoms with van der Waals surface area (Å²) in [6.45, 7) is 2.67. The summed E-state index contributed by atoms with van der Waals surface area (Å²) < 4.78 is 1.86. The second kappa shape index (κ2) is 4.53. The minimum absolute atomic E-state index is 0.105. The number of benzene rings is 1. The molecule has 0 aliphatic heterocycles. The van der Waals surface area contributed by atoms with Crippen molar-refractivity contribution in [3.63, 3.8) is 0 Å². The molecule has 0 saturated heterocycles. The third-order valence-corrected chi connectivity index (χ3v) is 3.47. The first-order valence-electron chi connectivity index (χ1n) is 6.48. The van der Waals surface area contributed by atoms with E-state index in [9.17, 15) is 0 Å². The van der Waals surface area contributed by atoms with Crippen LogP contribution < -0.4 is 5.73 Å². The van der Waals surface area contributed by atoms with Gasteiger partial charge in [-0.25, -0.2) is 9.67 Å². The molecule has 1 atom stereocenters. The molecule has 0 saturated carbocycles. The van der Waals surface area contributed by atoms with E-state index in [4.69, 9.17) is 5.73 Å². The molecule has 0 bridgehead atoms. The Hall–Kier alpha value is -1.68. The highest BCUT2D eigenvalue weighted by atomic mass is 15.3. The zero-order valence-corrected chi connectivity index (χ0v) is 10.6. The van der Waals surface area contributed by atoms with E-state index in [0.29, 0.717) is 5.82 Å². The van der Waals surface area contributed by atoms with Crippen molar-refractivity contribution in [2.45, 2.75) is 38.8 Å². The molecule has 1 aromatic heterocycles. The Morgan fingerprint density at radius 1 is 1.33 bits per heavy atom. The van der Waals surface area contributed by atoms with Gasteiger partial charge in [0.1, 0.15) is 6.33 Å². The van der Waals surface area contributed by atoms with Crippen LogP contribution in [-0.4, -0.2) is 14.8 Å². The topological polar surface area (TPSA) is 56.7 Å². The largest absolute Gasteiger partial charge is 0.321 e. The zero-order chi connectivity index (χ0) is 12.5. The molecule has 0 amide bonds. The van der Waals surface area contributed by atoms with Gasteiger partial charge in [-0.1, -0.05) is 18.2 Å². The highest BCUT2D eigenvalue weighted by molar-refractivity contribution is 5.35. The maximum atomic E-state index is 5.76. The molecule has 1 aromatic carbocycles. The summed E-state index contributed by atoms with van der Waals surface area (Å²) in [6.07, 6.45) is 5.49. The van der Waals surface area contributed by atoms with E-state index in [1.54, 1.807) is 6.33 Å². The fourth-order valence-electron chi connectivity index (χ4n) is 2.50. The minimum atomic E-state index is -0.105. The lowest BCUT2D eigenvalue weighted by atomic mass is 10.1. The number of nitrogens with zero attached hydrogens (tertiary/aromatic N) is 3. The molecule has 94 valence electrons. The number of aromatic nitrogens is 3. The van der Waals surface area contributed by atoms with Gasteiger partial charge in [-0.05, 0) is 42.9 Å². The summed E-state index contributed by atoms with van der Waals surface area (Å²) in [5, 5.41) is 4.38.